The molecule has 0 aliphatic heterocycles. The fourth-order valence-electron chi connectivity index (χ4n) is 1.65. The summed E-state index contributed by atoms with van der Waals surface area (Å²) in [7, 11) is 0. The number of nitrogens with zero attached hydrogens (tertiary/aromatic N) is 2. The molecule has 0 radical (unpaired) electrons. The molecule has 0 saturated heterocycles. The highest BCUT2D eigenvalue weighted by molar-refractivity contribution is 7.99. The SMILES string of the molecule is Cc1ccc(Sc2ncn[nH]2)c(CNC(C)(C)C)c1. The van der Waals surface area contributed by atoms with Gasteiger partial charge in [-0.25, -0.2) is 4.98 Å². The smallest absolute Gasteiger partial charge is 0.188 e. The Bertz CT molecular complexity index is 529. The first-order valence-electron chi connectivity index (χ1n) is 6.32. The molecule has 4 nitrogen and oxygen atoms in total. The summed E-state index contributed by atoms with van der Waals surface area (Å²) < 4.78 is 0. The monoisotopic (exact) mass is 276 g/mol. The van der Waals surface area contributed by atoms with Gasteiger partial charge in [-0.3, -0.25) is 5.10 Å². The first-order valence-corrected chi connectivity index (χ1v) is 7.13. The average molecular weight is 276 g/mol. The molecule has 0 spiro atoms. The van der Waals surface area contributed by atoms with E-state index in [2.05, 4.69) is 66.4 Å². The van der Waals surface area contributed by atoms with Crippen LogP contribution in [-0.4, -0.2) is 20.7 Å². The van der Waals surface area contributed by atoms with Crippen molar-refractivity contribution in [3.8, 4) is 0 Å². The summed E-state index contributed by atoms with van der Waals surface area (Å²) in [6.45, 7) is 9.48. The van der Waals surface area contributed by atoms with E-state index >= 15 is 0 Å². The van der Waals surface area contributed by atoms with Crippen LogP contribution in [0.1, 0.15) is 31.9 Å². The molecule has 0 aliphatic rings. The predicted molar refractivity (Wildman–Crippen MR) is 78.3 cm³/mol. The zero-order chi connectivity index (χ0) is 13.9. The maximum atomic E-state index is 4.16. The number of aryl methyl sites for hydroxylation is 1. The lowest BCUT2D eigenvalue weighted by atomic mass is 10.1. The molecule has 2 N–H and O–H groups in total. The van der Waals surface area contributed by atoms with Crippen LogP contribution in [0.2, 0.25) is 0 Å². The van der Waals surface area contributed by atoms with E-state index < -0.39 is 0 Å². The molecule has 1 aromatic carbocycles. The maximum Gasteiger partial charge on any atom is 0.188 e. The van der Waals surface area contributed by atoms with E-state index in [1.807, 2.05) is 0 Å². The molecule has 0 unspecified atom stereocenters. The third-order valence-corrected chi connectivity index (χ3v) is 3.63. The second-order valence-corrected chi connectivity index (χ2v) is 6.64. The Balaban J connectivity index is 2.18. The van der Waals surface area contributed by atoms with Gasteiger partial charge in [0.05, 0.1) is 0 Å². The van der Waals surface area contributed by atoms with Crippen molar-refractivity contribution in [2.24, 2.45) is 0 Å². The minimum absolute atomic E-state index is 0.109. The number of aromatic amines is 1. The average Bonchev–Trinajstić information content (AvgIpc) is 2.81. The molecule has 0 atom stereocenters. The van der Waals surface area contributed by atoms with Crippen molar-refractivity contribution in [2.45, 2.75) is 49.8 Å². The van der Waals surface area contributed by atoms with Crippen molar-refractivity contribution in [2.75, 3.05) is 0 Å². The summed E-state index contributed by atoms with van der Waals surface area (Å²) in [5.41, 5.74) is 2.67. The zero-order valence-corrected chi connectivity index (χ0v) is 12.6. The van der Waals surface area contributed by atoms with Crippen molar-refractivity contribution >= 4 is 11.8 Å². The number of aromatic nitrogens is 3. The van der Waals surface area contributed by atoms with Crippen molar-refractivity contribution in [3.05, 3.63) is 35.7 Å². The quantitative estimate of drug-likeness (QED) is 0.900. The fourth-order valence-corrected chi connectivity index (χ4v) is 2.46. The van der Waals surface area contributed by atoms with Gasteiger partial charge in [0, 0.05) is 17.0 Å². The molecule has 0 aliphatic carbocycles. The summed E-state index contributed by atoms with van der Waals surface area (Å²) in [6, 6.07) is 6.49. The van der Waals surface area contributed by atoms with Gasteiger partial charge in [0.1, 0.15) is 6.33 Å². The highest BCUT2D eigenvalue weighted by Gasteiger charge is 2.12. The molecule has 102 valence electrons. The molecule has 19 heavy (non-hydrogen) atoms. The first-order chi connectivity index (χ1) is 8.94. The molecule has 2 rings (SSSR count). The molecule has 0 amide bonds. The minimum atomic E-state index is 0.109. The van der Waals surface area contributed by atoms with Crippen LogP contribution in [0.3, 0.4) is 0 Å². The van der Waals surface area contributed by atoms with Gasteiger partial charge in [0.15, 0.2) is 5.16 Å². The molecule has 0 bridgehead atoms. The van der Waals surface area contributed by atoms with Crippen LogP contribution >= 0.6 is 11.8 Å². The van der Waals surface area contributed by atoms with E-state index in [1.165, 1.54) is 22.3 Å². The number of rotatable bonds is 4. The number of hydrogen-bond donors (Lipinski definition) is 2. The molecular formula is C14H20N4S. The van der Waals surface area contributed by atoms with Crippen LogP contribution in [0.15, 0.2) is 34.6 Å². The summed E-state index contributed by atoms with van der Waals surface area (Å²) in [6.07, 6.45) is 1.53. The topological polar surface area (TPSA) is 53.6 Å². The lowest BCUT2D eigenvalue weighted by Crippen LogP contribution is -2.35. The highest BCUT2D eigenvalue weighted by atomic mass is 32.2. The van der Waals surface area contributed by atoms with Crippen LogP contribution in [0.25, 0.3) is 0 Å². The fraction of sp³-hybridized carbons (Fsp3) is 0.429. The van der Waals surface area contributed by atoms with E-state index in [0.717, 1.165) is 11.7 Å². The second-order valence-electron chi connectivity index (χ2n) is 5.61. The summed E-state index contributed by atoms with van der Waals surface area (Å²) in [4.78, 5) is 5.37. The molecule has 0 saturated carbocycles. The van der Waals surface area contributed by atoms with Crippen LogP contribution in [0.5, 0.6) is 0 Å². The summed E-state index contributed by atoms with van der Waals surface area (Å²) in [5, 5.41) is 11.1. The third-order valence-electron chi connectivity index (χ3n) is 2.62. The predicted octanol–water partition coefficient (Wildman–Crippen LogP) is 3.15. The number of hydrogen-bond acceptors (Lipinski definition) is 4. The van der Waals surface area contributed by atoms with Crippen molar-refractivity contribution in [1.29, 1.82) is 0 Å². The lowest BCUT2D eigenvalue weighted by molar-refractivity contribution is 0.422. The molecule has 2 aromatic rings. The Morgan fingerprint density at radius 3 is 2.74 bits per heavy atom. The Morgan fingerprint density at radius 2 is 2.11 bits per heavy atom. The molecule has 5 heteroatoms. The summed E-state index contributed by atoms with van der Waals surface area (Å²) in [5.74, 6) is 0. The normalized spacial score (nSPS) is 11.8. The van der Waals surface area contributed by atoms with Crippen molar-refractivity contribution < 1.29 is 0 Å². The Morgan fingerprint density at radius 1 is 1.32 bits per heavy atom. The van der Waals surface area contributed by atoms with E-state index in [0.29, 0.717) is 0 Å². The molecule has 1 aromatic heterocycles. The number of H-pyrrole nitrogens is 1. The third kappa shape index (κ3) is 4.36. The van der Waals surface area contributed by atoms with Crippen LogP contribution < -0.4 is 5.32 Å². The maximum absolute atomic E-state index is 4.16. The first kappa shape index (κ1) is 14.1. The Hall–Kier alpha value is -1.33. The number of nitrogens with one attached hydrogen (secondary N) is 2. The van der Waals surface area contributed by atoms with E-state index in [-0.39, 0.29) is 5.54 Å². The van der Waals surface area contributed by atoms with Gasteiger partial charge in [-0.2, -0.15) is 5.10 Å². The van der Waals surface area contributed by atoms with Gasteiger partial charge in [0.25, 0.3) is 0 Å². The van der Waals surface area contributed by atoms with E-state index in [9.17, 15) is 0 Å². The van der Waals surface area contributed by atoms with Gasteiger partial charge < -0.3 is 5.32 Å². The molecule has 1 heterocycles. The van der Waals surface area contributed by atoms with E-state index in [1.54, 1.807) is 11.8 Å². The largest absolute Gasteiger partial charge is 0.308 e. The highest BCUT2D eigenvalue weighted by Crippen LogP contribution is 2.28. The number of benzene rings is 1. The molecular weight excluding hydrogens is 256 g/mol. The van der Waals surface area contributed by atoms with Gasteiger partial charge in [0.2, 0.25) is 0 Å². The van der Waals surface area contributed by atoms with Crippen LogP contribution in [0, 0.1) is 6.92 Å². The van der Waals surface area contributed by atoms with Gasteiger partial charge in [-0.15, -0.1) is 0 Å². The van der Waals surface area contributed by atoms with Crippen LogP contribution in [-0.2, 0) is 6.54 Å². The van der Waals surface area contributed by atoms with Gasteiger partial charge in [-0.05, 0) is 39.3 Å². The van der Waals surface area contributed by atoms with Gasteiger partial charge in [-0.1, -0.05) is 29.5 Å². The minimum Gasteiger partial charge on any atom is -0.308 e. The van der Waals surface area contributed by atoms with Crippen LogP contribution in [0.4, 0.5) is 0 Å². The summed E-state index contributed by atoms with van der Waals surface area (Å²) >= 11 is 1.61. The van der Waals surface area contributed by atoms with Gasteiger partial charge >= 0.3 is 0 Å². The second kappa shape index (κ2) is 5.75. The van der Waals surface area contributed by atoms with E-state index in [4.69, 9.17) is 0 Å². The molecule has 0 fully saturated rings. The standard InChI is InChI=1S/C14H20N4S/c1-10-5-6-12(19-13-15-9-17-18-13)11(7-10)8-16-14(2,3)4/h5-7,9,16H,8H2,1-4H3,(H,15,17,18). The lowest BCUT2D eigenvalue weighted by Gasteiger charge is -2.21. The van der Waals surface area contributed by atoms with Crippen molar-refractivity contribution in [3.63, 3.8) is 0 Å². The van der Waals surface area contributed by atoms with Crippen molar-refractivity contribution in [1.82, 2.24) is 20.5 Å². The Kier molecular flexibility index (Phi) is 4.27. The Labute approximate surface area is 118 Å². The zero-order valence-electron chi connectivity index (χ0n) is 11.8.